The molecule has 306 valence electrons. The molecule has 6 aromatic rings. The van der Waals surface area contributed by atoms with E-state index >= 15 is 0 Å². The average molecular weight is 908 g/mol. The summed E-state index contributed by atoms with van der Waals surface area (Å²) in [5.74, 6) is 6.36. The third-order valence-electron chi connectivity index (χ3n) is 8.85. The van der Waals surface area contributed by atoms with Crippen molar-refractivity contribution in [1.82, 2.24) is 15.0 Å². The summed E-state index contributed by atoms with van der Waals surface area (Å²) in [6.45, 7) is 4.26. The molecule has 0 saturated carbocycles. The highest BCUT2D eigenvalue weighted by atomic mass is 127. The Balaban J connectivity index is 1.29. The molecule has 0 aliphatic rings. The third kappa shape index (κ3) is 11.4. The fourth-order valence-corrected chi connectivity index (χ4v) is 6.82. The molecule has 0 spiro atoms. The lowest BCUT2D eigenvalue weighted by atomic mass is 10.1. The summed E-state index contributed by atoms with van der Waals surface area (Å²) < 4.78 is 49.3. The number of fused-ring (bicyclic) bond motifs is 3. The topological polar surface area (TPSA) is 165 Å². The van der Waals surface area contributed by atoms with Crippen molar-refractivity contribution in [2.24, 2.45) is 0 Å². The van der Waals surface area contributed by atoms with Gasteiger partial charge in [0.1, 0.15) is 25.6 Å². The second-order valence-electron chi connectivity index (χ2n) is 12.9. The summed E-state index contributed by atoms with van der Waals surface area (Å²) in [7, 11) is 4.83. The van der Waals surface area contributed by atoms with Gasteiger partial charge >= 0.3 is 11.9 Å². The van der Waals surface area contributed by atoms with Gasteiger partial charge in [-0.1, -0.05) is 11.8 Å². The van der Waals surface area contributed by atoms with Crippen LogP contribution in [0.3, 0.4) is 0 Å². The van der Waals surface area contributed by atoms with Crippen LogP contribution in [0.25, 0.3) is 44.1 Å². The number of benzene rings is 3. The maximum absolute atomic E-state index is 13.4. The van der Waals surface area contributed by atoms with Gasteiger partial charge in [0.15, 0.2) is 0 Å². The molecule has 3 aromatic heterocycles. The van der Waals surface area contributed by atoms with Gasteiger partial charge in [0, 0.05) is 52.8 Å². The van der Waals surface area contributed by atoms with Gasteiger partial charge in [0.2, 0.25) is 0 Å². The highest BCUT2D eigenvalue weighted by Crippen LogP contribution is 2.32. The number of hydrogen-bond acceptors (Lipinski definition) is 11. The van der Waals surface area contributed by atoms with E-state index in [4.69, 9.17) is 42.6 Å². The molecule has 0 fully saturated rings. The van der Waals surface area contributed by atoms with Crippen LogP contribution < -0.4 is 4.74 Å². The molecule has 14 nitrogen and oxygen atoms in total. The summed E-state index contributed by atoms with van der Waals surface area (Å²) in [4.78, 5) is 36.6. The molecule has 58 heavy (non-hydrogen) atoms. The zero-order valence-electron chi connectivity index (χ0n) is 32.6. The van der Waals surface area contributed by atoms with Gasteiger partial charge in [0.25, 0.3) is 0 Å². The molecule has 0 saturated heterocycles. The van der Waals surface area contributed by atoms with Crippen LogP contribution in [-0.4, -0.2) is 128 Å². The summed E-state index contributed by atoms with van der Waals surface area (Å²) in [6, 6.07) is 16.8. The lowest BCUT2D eigenvalue weighted by Crippen LogP contribution is -2.12. The van der Waals surface area contributed by atoms with E-state index in [1.165, 1.54) is 0 Å². The first kappa shape index (κ1) is 42.7. The van der Waals surface area contributed by atoms with E-state index < -0.39 is 11.9 Å². The molecular weight excluding hydrogens is 861 g/mol. The first-order valence-electron chi connectivity index (χ1n) is 18.7. The van der Waals surface area contributed by atoms with E-state index in [0.717, 1.165) is 53.2 Å². The molecular formula is C43H46IN3O11. The third-order valence-corrected chi connectivity index (χ3v) is 9.70. The normalized spacial score (nSPS) is 11.3. The van der Waals surface area contributed by atoms with Crippen LogP contribution in [0.1, 0.15) is 31.8 Å². The van der Waals surface area contributed by atoms with Gasteiger partial charge in [0.05, 0.1) is 104 Å². The maximum Gasteiger partial charge on any atom is 0.338 e. The number of methoxy groups -OCH3 is 3. The van der Waals surface area contributed by atoms with E-state index in [-0.39, 0.29) is 26.4 Å². The van der Waals surface area contributed by atoms with E-state index in [2.05, 4.69) is 49.4 Å². The quantitative estimate of drug-likeness (QED) is 0.0296. The molecule has 0 bridgehead atoms. The summed E-state index contributed by atoms with van der Waals surface area (Å²) in [5.41, 5.74) is 6.07. The number of nitrogens with one attached hydrogen (secondary N) is 3. The van der Waals surface area contributed by atoms with Crippen LogP contribution in [0.2, 0.25) is 0 Å². The number of aromatic nitrogens is 3. The molecule has 3 N–H and O–H groups in total. The Bertz CT molecular complexity index is 2370. The van der Waals surface area contributed by atoms with E-state index in [1.54, 1.807) is 45.6 Å². The van der Waals surface area contributed by atoms with Gasteiger partial charge in [-0.2, -0.15) is 0 Å². The van der Waals surface area contributed by atoms with Crippen molar-refractivity contribution in [3.63, 3.8) is 0 Å². The SMILES string of the molecule is COCCOCCOC(=O)c1cc(I)c2[nH]c(-c3cc4cc(C(=O)OCCOCCOC)cc(C#Cc5cc(OCCOCCOC)cc6cc[nH]c56)c4[nH]3)cc2c1. The van der Waals surface area contributed by atoms with Crippen molar-refractivity contribution in [3.05, 3.63) is 86.6 Å². The molecule has 0 aliphatic carbocycles. The molecule has 0 aliphatic heterocycles. The zero-order chi connectivity index (χ0) is 40.7. The Kier molecular flexibility index (Phi) is 16.0. The number of carbonyl (C=O) groups excluding carboxylic acids is 2. The van der Waals surface area contributed by atoms with Crippen molar-refractivity contribution < 1.29 is 52.2 Å². The van der Waals surface area contributed by atoms with Gasteiger partial charge in [-0.05, 0) is 77.2 Å². The minimum absolute atomic E-state index is 0.0837. The second-order valence-corrected chi connectivity index (χ2v) is 14.0. The number of carbonyl (C=O) groups is 2. The summed E-state index contributed by atoms with van der Waals surface area (Å²) >= 11 is 2.20. The van der Waals surface area contributed by atoms with Gasteiger partial charge in [-0.15, -0.1) is 0 Å². The van der Waals surface area contributed by atoms with Gasteiger partial charge < -0.3 is 57.6 Å². The molecule has 0 amide bonds. The predicted octanol–water partition coefficient (Wildman–Crippen LogP) is 6.48. The monoisotopic (exact) mass is 907 g/mol. The standard InChI is InChI=1S/C43H46IN3O11/c1-50-8-11-53-14-17-56-35-23-29(39-30(24-35)6-7-45-39)5-4-28-20-33(42(48)57-18-15-54-12-9-51-2)21-31-26-37(46-40(28)31)38-27-32-22-34(25-36(44)41(32)47-38)43(49)58-19-16-55-13-10-52-3/h6-7,20-27,45-47H,8-19H2,1-3H3. The summed E-state index contributed by atoms with van der Waals surface area (Å²) in [6.07, 6.45) is 1.85. The molecule has 3 heterocycles. The number of esters is 2. The Labute approximate surface area is 349 Å². The number of halogens is 1. The lowest BCUT2D eigenvalue weighted by molar-refractivity contribution is 0.0210. The molecule has 3 aromatic carbocycles. The molecule has 0 radical (unpaired) electrons. The smallest absolute Gasteiger partial charge is 0.338 e. The van der Waals surface area contributed by atoms with Crippen molar-refractivity contribution in [2.75, 3.05) is 101 Å². The number of H-pyrrole nitrogens is 3. The Morgan fingerprint density at radius 3 is 1.67 bits per heavy atom. The first-order valence-corrected chi connectivity index (χ1v) is 19.8. The first-order chi connectivity index (χ1) is 28.4. The maximum atomic E-state index is 13.4. The molecule has 15 heteroatoms. The minimum atomic E-state index is -0.501. The number of rotatable bonds is 22. The Morgan fingerprint density at radius 2 is 1.07 bits per heavy atom. The molecule has 6 rings (SSSR count). The zero-order valence-corrected chi connectivity index (χ0v) is 34.8. The van der Waals surface area contributed by atoms with Crippen LogP contribution >= 0.6 is 22.6 Å². The van der Waals surface area contributed by atoms with Crippen LogP contribution in [0.5, 0.6) is 5.75 Å². The van der Waals surface area contributed by atoms with Crippen molar-refractivity contribution in [3.8, 4) is 29.0 Å². The summed E-state index contributed by atoms with van der Waals surface area (Å²) in [5, 5.41) is 2.53. The fourth-order valence-electron chi connectivity index (χ4n) is 6.03. The number of hydrogen-bond donors (Lipinski definition) is 3. The van der Waals surface area contributed by atoms with Gasteiger partial charge in [-0.3, -0.25) is 0 Å². The van der Waals surface area contributed by atoms with E-state index in [1.807, 2.05) is 36.5 Å². The van der Waals surface area contributed by atoms with E-state index in [9.17, 15) is 9.59 Å². The largest absolute Gasteiger partial charge is 0.491 e. The van der Waals surface area contributed by atoms with Crippen LogP contribution in [0, 0.1) is 15.4 Å². The fraction of sp³-hybridized carbons (Fsp3) is 0.349. The highest BCUT2D eigenvalue weighted by Gasteiger charge is 2.17. The predicted molar refractivity (Wildman–Crippen MR) is 227 cm³/mol. The van der Waals surface area contributed by atoms with Gasteiger partial charge in [-0.25, -0.2) is 9.59 Å². The van der Waals surface area contributed by atoms with Crippen molar-refractivity contribution in [2.45, 2.75) is 0 Å². The van der Waals surface area contributed by atoms with Crippen LogP contribution in [0.15, 0.2) is 60.8 Å². The molecule has 0 atom stereocenters. The Hall–Kier alpha value is -4.93. The van der Waals surface area contributed by atoms with E-state index in [0.29, 0.717) is 75.3 Å². The highest BCUT2D eigenvalue weighted by molar-refractivity contribution is 14.1. The minimum Gasteiger partial charge on any atom is -0.491 e. The second kappa shape index (κ2) is 21.7. The number of ether oxygens (including phenoxy) is 9. The number of aromatic amines is 3. The molecule has 0 unspecified atom stereocenters. The van der Waals surface area contributed by atoms with Crippen molar-refractivity contribution in [1.29, 1.82) is 0 Å². The van der Waals surface area contributed by atoms with Crippen molar-refractivity contribution >= 4 is 67.2 Å². The average Bonchev–Trinajstić information content (AvgIpc) is 3.99. The Morgan fingerprint density at radius 1 is 0.552 bits per heavy atom. The van der Waals surface area contributed by atoms with Crippen LogP contribution in [0.4, 0.5) is 0 Å². The lowest BCUT2D eigenvalue weighted by Gasteiger charge is -2.08. The van der Waals surface area contributed by atoms with Crippen LogP contribution in [-0.2, 0) is 37.9 Å².